The van der Waals surface area contributed by atoms with Crippen LogP contribution in [0.1, 0.15) is 26.3 Å². The predicted octanol–water partition coefficient (Wildman–Crippen LogP) is 2.59. The average Bonchev–Trinajstić information content (AvgIpc) is 2.58. The van der Waals surface area contributed by atoms with Crippen LogP contribution in [0.5, 0.6) is 0 Å². The van der Waals surface area contributed by atoms with Gasteiger partial charge in [-0.3, -0.25) is 14.6 Å². The lowest BCUT2D eigenvalue weighted by Gasteiger charge is -2.11. The van der Waals surface area contributed by atoms with E-state index in [1.54, 1.807) is 12.1 Å². The maximum absolute atomic E-state index is 12.4. The Kier molecular flexibility index (Phi) is 6.50. The van der Waals surface area contributed by atoms with Crippen molar-refractivity contribution >= 4 is 29.1 Å². The third-order valence-electron chi connectivity index (χ3n) is 3.54. The second-order valence-electron chi connectivity index (χ2n) is 5.94. The van der Waals surface area contributed by atoms with Crippen LogP contribution in [-0.4, -0.2) is 48.9 Å². The third kappa shape index (κ3) is 5.55. The smallest absolute Gasteiger partial charge is 0.257 e. The fourth-order valence-electron chi connectivity index (χ4n) is 2.06. The SMILES string of the molecule is Cc1ccc(NC(=O)c2cncc(C(=O)NCCN(C)C)c2)cc1Cl. The summed E-state index contributed by atoms with van der Waals surface area (Å²) >= 11 is 6.06. The van der Waals surface area contributed by atoms with Crippen LogP contribution in [0.3, 0.4) is 0 Å². The molecule has 0 bridgehead atoms. The molecule has 0 saturated heterocycles. The van der Waals surface area contributed by atoms with Crippen molar-refractivity contribution in [2.45, 2.75) is 6.92 Å². The highest BCUT2D eigenvalue weighted by Gasteiger charge is 2.12. The molecule has 0 aliphatic carbocycles. The molecular formula is C18H21ClN4O2. The topological polar surface area (TPSA) is 74.3 Å². The van der Waals surface area contributed by atoms with Crippen molar-refractivity contribution in [2.24, 2.45) is 0 Å². The molecular weight excluding hydrogens is 340 g/mol. The number of aryl methyl sites for hydroxylation is 1. The van der Waals surface area contributed by atoms with Gasteiger partial charge in [0.25, 0.3) is 11.8 Å². The highest BCUT2D eigenvalue weighted by molar-refractivity contribution is 6.31. The largest absolute Gasteiger partial charge is 0.351 e. The average molecular weight is 361 g/mol. The normalized spacial score (nSPS) is 10.6. The third-order valence-corrected chi connectivity index (χ3v) is 3.94. The van der Waals surface area contributed by atoms with E-state index in [9.17, 15) is 9.59 Å². The molecule has 2 N–H and O–H groups in total. The molecule has 2 aromatic rings. The monoisotopic (exact) mass is 360 g/mol. The maximum atomic E-state index is 12.4. The molecule has 0 aliphatic rings. The van der Waals surface area contributed by atoms with E-state index in [0.29, 0.717) is 28.4 Å². The quantitative estimate of drug-likeness (QED) is 0.830. The van der Waals surface area contributed by atoms with Crippen LogP contribution >= 0.6 is 11.6 Å². The first-order chi connectivity index (χ1) is 11.9. The summed E-state index contributed by atoms with van der Waals surface area (Å²) in [5, 5.41) is 6.11. The van der Waals surface area contributed by atoms with Crippen molar-refractivity contribution in [3.05, 3.63) is 58.4 Å². The number of aromatic nitrogens is 1. The van der Waals surface area contributed by atoms with Crippen molar-refractivity contribution in [3.8, 4) is 0 Å². The molecule has 0 aliphatic heterocycles. The zero-order valence-corrected chi connectivity index (χ0v) is 15.2. The van der Waals surface area contributed by atoms with E-state index >= 15 is 0 Å². The zero-order valence-electron chi connectivity index (χ0n) is 14.5. The van der Waals surface area contributed by atoms with Gasteiger partial charge in [-0.15, -0.1) is 0 Å². The Morgan fingerprint density at radius 2 is 1.80 bits per heavy atom. The summed E-state index contributed by atoms with van der Waals surface area (Å²) in [6, 6.07) is 6.79. The van der Waals surface area contributed by atoms with Crippen LogP contribution in [0, 0.1) is 6.92 Å². The Labute approximate surface area is 152 Å². The number of halogens is 1. The van der Waals surface area contributed by atoms with Gasteiger partial charge in [0.15, 0.2) is 0 Å². The number of anilines is 1. The van der Waals surface area contributed by atoms with Gasteiger partial charge in [-0.1, -0.05) is 17.7 Å². The molecule has 0 atom stereocenters. The molecule has 25 heavy (non-hydrogen) atoms. The van der Waals surface area contributed by atoms with Gasteiger partial charge < -0.3 is 15.5 Å². The lowest BCUT2D eigenvalue weighted by molar-refractivity contribution is 0.0950. The number of nitrogens with one attached hydrogen (secondary N) is 2. The van der Waals surface area contributed by atoms with Gasteiger partial charge in [0.2, 0.25) is 0 Å². The van der Waals surface area contributed by atoms with E-state index in [-0.39, 0.29) is 11.8 Å². The second kappa shape index (κ2) is 8.60. The summed E-state index contributed by atoms with van der Waals surface area (Å²) in [7, 11) is 3.85. The van der Waals surface area contributed by atoms with Gasteiger partial charge >= 0.3 is 0 Å². The zero-order chi connectivity index (χ0) is 18.4. The molecule has 6 nitrogen and oxygen atoms in total. The van der Waals surface area contributed by atoms with Gasteiger partial charge in [-0.2, -0.15) is 0 Å². The molecule has 0 fully saturated rings. The molecule has 0 radical (unpaired) electrons. The van der Waals surface area contributed by atoms with Gasteiger partial charge in [0.1, 0.15) is 0 Å². The number of amides is 2. The minimum absolute atomic E-state index is 0.262. The minimum atomic E-state index is -0.352. The molecule has 1 aromatic carbocycles. The molecule has 1 aromatic heterocycles. The van der Waals surface area contributed by atoms with Crippen LogP contribution in [0.15, 0.2) is 36.7 Å². The van der Waals surface area contributed by atoms with E-state index in [0.717, 1.165) is 12.1 Å². The van der Waals surface area contributed by atoms with E-state index in [1.165, 1.54) is 18.5 Å². The lowest BCUT2D eigenvalue weighted by Crippen LogP contribution is -2.31. The van der Waals surface area contributed by atoms with E-state index < -0.39 is 0 Å². The highest BCUT2D eigenvalue weighted by atomic mass is 35.5. The van der Waals surface area contributed by atoms with E-state index in [2.05, 4.69) is 15.6 Å². The van der Waals surface area contributed by atoms with Crippen molar-refractivity contribution in [1.29, 1.82) is 0 Å². The molecule has 2 amide bonds. The molecule has 1 heterocycles. The Bertz CT molecular complexity index is 777. The number of nitrogens with zero attached hydrogens (tertiary/aromatic N) is 2. The number of carbonyl (C=O) groups is 2. The van der Waals surface area contributed by atoms with Gasteiger partial charge in [-0.25, -0.2) is 0 Å². The summed E-state index contributed by atoms with van der Waals surface area (Å²) < 4.78 is 0. The maximum Gasteiger partial charge on any atom is 0.257 e. The summed E-state index contributed by atoms with van der Waals surface area (Å²) in [6.07, 6.45) is 2.85. The van der Waals surface area contributed by atoms with Crippen molar-refractivity contribution in [2.75, 3.05) is 32.5 Å². The van der Waals surface area contributed by atoms with Crippen molar-refractivity contribution in [3.63, 3.8) is 0 Å². The summed E-state index contributed by atoms with van der Waals surface area (Å²) in [4.78, 5) is 30.4. The van der Waals surface area contributed by atoms with Gasteiger partial charge in [-0.05, 0) is 44.8 Å². The van der Waals surface area contributed by atoms with Crippen LogP contribution in [0.2, 0.25) is 5.02 Å². The fourth-order valence-corrected chi connectivity index (χ4v) is 2.24. The first-order valence-electron chi connectivity index (χ1n) is 7.82. The molecule has 7 heteroatoms. The van der Waals surface area contributed by atoms with Gasteiger partial charge in [0.05, 0.1) is 11.1 Å². The van der Waals surface area contributed by atoms with Gasteiger partial charge in [0, 0.05) is 36.2 Å². The first-order valence-corrected chi connectivity index (χ1v) is 8.20. The molecule has 0 saturated carbocycles. The summed E-state index contributed by atoms with van der Waals surface area (Å²) in [5.41, 5.74) is 2.16. The summed E-state index contributed by atoms with van der Waals surface area (Å²) in [6.45, 7) is 3.13. The number of benzene rings is 1. The van der Waals surface area contributed by atoms with Crippen LogP contribution in [0.25, 0.3) is 0 Å². The van der Waals surface area contributed by atoms with Crippen LogP contribution in [-0.2, 0) is 0 Å². The van der Waals surface area contributed by atoms with E-state index in [4.69, 9.17) is 11.6 Å². The molecule has 2 rings (SSSR count). The fraction of sp³-hybridized carbons (Fsp3) is 0.278. The Morgan fingerprint density at radius 1 is 1.12 bits per heavy atom. The molecule has 0 spiro atoms. The first kappa shape index (κ1) is 18.9. The number of hydrogen-bond donors (Lipinski definition) is 2. The molecule has 0 unspecified atom stereocenters. The second-order valence-corrected chi connectivity index (χ2v) is 6.35. The molecule has 132 valence electrons. The van der Waals surface area contributed by atoms with E-state index in [1.807, 2.05) is 32.0 Å². The lowest BCUT2D eigenvalue weighted by atomic mass is 10.1. The van der Waals surface area contributed by atoms with Crippen molar-refractivity contribution in [1.82, 2.24) is 15.2 Å². The van der Waals surface area contributed by atoms with Crippen molar-refractivity contribution < 1.29 is 9.59 Å². The highest BCUT2D eigenvalue weighted by Crippen LogP contribution is 2.20. The Hall–Kier alpha value is -2.44. The number of likely N-dealkylation sites (N-methyl/N-ethyl adjacent to an activating group) is 1. The number of carbonyl (C=O) groups excluding carboxylic acids is 2. The predicted molar refractivity (Wildman–Crippen MR) is 99.3 cm³/mol. The minimum Gasteiger partial charge on any atom is -0.351 e. The Balaban J connectivity index is 2.05. The number of rotatable bonds is 6. The number of hydrogen-bond acceptors (Lipinski definition) is 4. The number of pyridine rings is 1. The van der Waals surface area contributed by atoms with Crippen LogP contribution in [0.4, 0.5) is 5.69 Å². The standard InChI is InChI=1S/C18H21ClN4O2/c1-12-4-5-15(9-16(12)19)22-18(25)14-8-13(10-20-11-14)17(24)21-6-7-23(2)3/h4-5,8-11H,6-7H2,1-3H3,(H,21,24)(H,22,25). The summed E-state index contributed by atoms with van der Waals surface area (Å²) in [5.74, 6) is -0.613. The van der Waals surface area contributed by atoms with Crippen LogP contribution < -0.4 is 10.6 Å². The Morgan fingerprint density at radius 3 is 2.44 bits per heavy atom.